The molecule has 1 heterocycles. The molecule has 0 aromatic carbocycles. The van der Waals surface area contributed by atoms with Crippen molar-refractivity contribution in [2.24, 2.45) is 5.92 Å². The van der Waals surface area contributed by atoms with Gasteiger partial charge >= 0.3 is 5.97 Å². The average molecular weight is 240 g/mol. The van der Waals surface area contributed by atoms with E-state index in [1.54, 1.807) is 4.90 Å². The maximum atomic E-state index is 12.3. The van der Waals surface area contributed by atoms with E-state index < -0.39 is 5.97 Å². The topological polar surface area (TPSA) is 69.6 Å². The predicted molar refractivity (Wildman–Crippen MR) is 62.6 cm³/mol. The van der Waals surface area contributed by atoms with Crippen LogP contribution in [0.1, 0.15) is 32.6 Å². The summed E-state index contributed by atoms with van der Waals surface area (Å²) in [6.07, 6.45) is 3.11. The van der Waals surface area contributed by atoms with Crippen LogP contribution in [-0.4, -0.2) is 47.1 Å². The van der Waals surface area contributed by atoms with E-state index in [0.29, 0.717) is 12.5 Å². The fourth-order valence-corrected chi connectivity index (χ4v) is 2.42. The van der Waals surface area contributed by atoms with Crippen molar-refractivity contribution < 1.29 is 14.7 Å². The smallest absolute Gasteiger partial charge is 0.305 e. The number of nitrogens with one attached hydrogen (secondary N) is 1. The summed E-state index contributed by atoms with van der Waals surface area (Å²) in [5, 5.41) is 11.9. The molecule has 96 valence electrons. The van der Waals surface area contributed by atoms with Gasteiger partial charge in [-0.15, -0.1) is 0 Å². The van der Waals surface area contributed by atoms with E-state index in [-0.39, 0.29) is 24.4 Å². The first-order chi connectivity index (χ1) is 8.09. The Morgan fingerprint density at radius 1 is 1.35 bits per heavy atom. The van der Waals surface area contributed by atoms with Gasteiger partial charge in [0, 0.05) is 12.6 Å². The van der Waals surface area contributed by atoms with Crippen molar-refractivity contribution in [1.29, 1.82) is 0 Å². The highest BCUT2D eigenvalue weighted by Crippen LogP contribution is 2.29. The molecule has 0 aromatic heterocycles. The first-order valence-corrected chi connectivity index (χ1v) is 6.35. The van der Waals surface area contributed by atoms with Crippen molar-refractivity contribution >= 4 is 11.9 Å². The van der Waals surface area contributed by atoms with Crippen LogP contribution >= 0.6 is 0 Å². The summed E-state index contributed by atoms with van der Waals surface area (Å²) in [4.78, 5) is 24.7. The van der Waals surface area contributed by atoms with E-state index in [9.17, 15) is 9.59 Å². The van der Waals surface area contributed by atoms with E-state index >= 15 is 0 Å². The number of hydrogen-bond acceptors (Lipinski definition) is 3. The Labute approximate surface area is 101 Å². The minimum absolute atomic E-state index is 0.0450. The van der Waals surface area contributed by atoms with Gasteiger partial charge in [-0.2, -0.15) is 0 Å². The lowest BCUT2D eigenvalue weighted by atomic mass is 10.0. The molecule has 2 N–H and O–H groups in total. The molecule has 2 aliphatic rings. The summed E-state index contributed by atoms with van der Waals surface area (Å²) in [5.41, 5.74) is 0. The molecule has 2 atom stereocenters. The normalized spacial score (nSPS) is 28.1. The van der Waals surface area contributed by atoms with Gasteiger partial charge in [0.2, 0.25) is 5.91 Å². The van der Waals surface area contributed by atoms with Crippen molar-refractivity contribution in [3.05, 3.63) is 0 Å². The minimum Gasteiger partial charge on any atom is -0.481 e. The van der Waals surface area contributed by atoms with Crippen LogP contribution in [0.2, 0.25) is 0 Å². The molecule has 1 aliphatic heterocycles. The quantitative estimate of drug-likeness (QED) is 0.732. The van der Waals surface area contributed by atoms with E-state index in [1.165, 1.54) is 0 Å². The Bertz CT molecular complexity index is 315. The van der Waals surface area contributed by atoms with E-state index in [4.69, 9.17) is 5.11 Å². The maximum Gasteiger partial charge on any atom is 0.305 e. The lowest BCUT2D eigenvalue weighted by Crippen LogP contribution is -2.47. The molecule has 2 fully saturated rings. The molecule has 1 saturated heterocycles. The standard InChI is InChI=1S/C12H20N2O3/c1-8-4-6-13-11(8)12(17)14(9-2-3-9)7-5-10(15)16/h8-9,11,13H,2-7H2,1H3,(H,15,16). The summed E-state index contributed by atoms with van der Waals surface area (Å²) in [5.74, 6) is -0.386. The molecule has 0 radical (unpaired) electrons. The van der Waals surface area contributed by atoms with Crippen LogP contribution < -0.4 is 5.32 Å². The summed E-state index contributed by atoms with van der Waals surface area (Å²) >= 11 is 0. The van der Waals surface area contributed by atoms with E-state index in [2.05, 4.69) is 12.2 Å². The monoisotopic (exact) mass is 240 g/mol. The van der Waals surface area contributed by atoms with E-state index in [1.807, 2.05) is 0 Å². The molecule has 0 bridgehead atoms. The number of carboxylic acids is 1. The largest absolute Gasteiger partial charge is 0.481 e. The molecule has 17 heavy (non-hydrogen) atoms. The summed E-state index contributed by atoms with van der Waals surface area (Å²) in [7, 11) is 0. The Balaban J connectivity index is 1.95. The molecule has 5 nitrogen and oxygen atoms in total. The number of aliphatic carboxylic acids is 1. The second kappa shape index (κ2) is 5.04. The summed E-state index contributed by atoms with van der Waals surface area (Å²) < 4.78 is 0. The highest BCUT2D eigenvalue weighted by molar-refractivity contribution is 5.83. The molecule has 5 heteroatoms. The van der Waals surface area contributed by atoms with Crippen LogP contribution in [0.15, 0.2) is 0 Å². The summed E-state index contributed by atoms with van der Waals surface area (Å²) in [6, 6.07) is 0.181. The van der Waals surface area contributed by atoms with Gasteiger partial charge in [-0.25, -0.2) is 0 Å². The second-order valence-corrected chi connectivity index (χ2v) is 5.10. The van der Waals surface area contributed by atoms with Gasteiger partial charge in [-0.3, -0.25) is 9.59 Å². The van der Waals surface area contributed by atoms with Gasteiger partial charge in [-0.1, -0.05) is 6.92 Å². The number of nitrogens with zero attached hydrogens (tertiary/aromatic N) is 1. The highest BCUT2D eigenvalue weighted by atomic mass is 16.4. The van der Waals surface area contributed by atoms with Gasteiger partial charge in [-0.05, 0) is 31.7 Å². The van der Waals surface area contributed by atoms with Gasteiger partial charge < -0.3 is 15.3 Å². The predicted octanol–water partition coefficient (Wildman–Crippen LogP) is 0.450. The molecule has 0 spiro atoms. The third kappa shape index (κ3) is 2.97. The average Bonchev–Trinajstić information content (AvgIpc) is 3.00. The van der Waals surface area contributed by atoms with Gasteiger partial charge in [0.15, 0.2) is 0 Å². The fraction of sp³-hybridized carbons (Fsp3) is 0.833. The highest BCUT2D eigenvalue weighted by Gasteiger charge is 2.39. The fourth-order valence-electron chi connectivity index (χ4n) is 2.42. The molecule has 0 aromatic rings. The lowest BCUT2D eigenvalue weighted by Gasteiger charge is -2.26. The zero-order chi connectivity index (χ0) is 12.4. The number of amides is 1. The molecule has 1 saturated carbocycles. The van der Waals surface area contributed by atoms with Crippen LogP contribution in [0.3, 0.4) is 0 Å². The van der Waals surface area contributed by atoms with Crippen molar-refractivity contribution in [1.82, 2.24) is 10.2 Å². The minimum atomic E-state index is -0.837. The molecule has 2 rings (SSSR count). The Hall–Kier alpha value is -1.10. The Morgan fingerprint density at radius 2 is 2.06 bits per heavy atom. The summed E-state index contributed by atoms with van der Waals surface area (Å²) in [6.45, 7) is 3.31. The molecule has 2 unspecified atom stereocenters. The first-order valence-electron chi connectivity index (χ1n) is 6.35. The number of carbonyl (C=O) groups is 2. The number of rotatable bonds is 5. The van der Waals surface area contributed by atoms with Gasteiger partial charge in [0.25, 0.3) is 0 Å². The van der Waals surface area contributed by atoms with Crippen LogP contribution in [0, 0.1) is 5.92 Å². The number of carbonyl (C=O) groups excluding carboxylic acids is 1. The third-order valence-electron chi connectivity index (χ3n) is 3.64. The molecule has 1 amide bonds. The zero-order valence-corrected chi connectivity index (χ0v) is 10.2. The second-order valence-electron chi connectivity index (χ2n) is 5.10. The van der Waals surface area contributed by atoms with Crippen LogP contribution in [-0.2, 0) is 9.59 Å². The van der Waals surface area contributed by atoms with Crippen LogP contribution in [0.25, 0.3) is 0 Å². The first kappa shape index (κ1) is 12.4. The number of hydrogen-bond donors (Lipinski definition) is 2. The molecular weight excluding hydrogens is 220 g/mol. The van der Waals surface area contributed by atoms with Crippen LogP contribution in [0.5, 0.6) is 0 Å². The third-order valence-corrected chi connectivity index (χ3v) is 3.64. The SMILES string of the molecule is CC1CCNC1C(=O)N(CCC(=O)O)C1CC1. The van der Waals surface area contributed by atoms with Crippen molar-refractivity contribution in [3.8, 4) is 0 Å². The van der Waals surface area contributed by atoms with Gasteiger partial charge in [0.1, 0.15) is 0 Å². The van der Waals surface area contributed by atoms with Crippen LogP contribution in [0.4, 0.5) is 0 Å². The van der Waals surface area contributed by atoms with Crippen molar-refractivity contribution in [3.63, 3.8) is 0 Å². The molecular formula is C12H20N2O3. The molecule has 1 aliphatic carbocycles. The number of carboxylic acid groups (broad SMARTS) is 1. The lowest BCUT2D eigenvalue weighted by molar-refractivity contribution is -0.139. The van der Waals surface area contributed by atoms with Gasteiger partial charge in [0.05, 0.1) is 12.5 Å². The van der Waals surface area contributed by atoms with E-state index in [0.717, 1.165) is 25.8 Å². The Kier molecular flexibility index (Phi) is 3.66. The maximum absolute atomic E-state index is 12.3. The Morgan fingerprint density at radius 3 is 2.53 bits per heavy atom. The van der Waals surface area contributed by atoms with Crippen molar-refractivity contribution in [2.75, 3.05) is 13.1 Å². The zero-order valence-electron chi connectivity index (χ0n) is 10.2. The van der Waals surface area contributed by atoms with Crippen molar-refractivity contribution in [2.45, 2.75) is 44.7 Å².